The Morgan fingerprint density at radius 2 is 2.08 bits per heavy atom. The number of rotatable bonds is 4. The summed E-state index contributed by atoms with van der Waals surface area (Å²) < 4.78 is 14.6. The Morgan fingerprint density at radius 3 is 2.75 bits per heavy atom. The Morgan fingerprint density at radius 1 is 1.33 bits per heavy atom. The van der Waals surface area contributed by atoms with E-state index >= 15 is 0 Å². The molecule has 0 aliphatic carbocycles. The molecule has 0 aromatic heterocycles. The number of benzene rings is 1. The Bertz CT molecular complexity index is 236. The van der Waals surface area contributed by atoms with Crippen molar-refractivity contribution in [3.05, 3.63) is 42.7 Å². The van der Waals surface area contributed by atoms with E-state index in [9.17, 15) is 4.39 Å². The molecule has 3 heteroatoms. The molecule has 0 fully saturated rings. The van der Waals surface area contributed by atoms with E-state index in [0.29, 0.717) is 12.1 Å². The number of nitrogens with one attached hydrogen (secondary N) is 1. The van der Waals surface area contributed by atoms with Gasteiger partial charge in [-0.2, -0.15) is 0 Å². The lowest BCUT2D eigenvalue weighted by atomic mass is 10.3. The minimum Gasteiger partial charge on any atom is -0.329 e. The Balaban J connectivity index is 2.24. The maximum atomic E-state index is 11.5. The first kappa shape index (κ1) is 9.13. The van der Waals surface area contributed by atoms with Crippen molar-refractivity contribution in [2.24, 2.45) is 0 Å². The van der Waals surface area contributed by atoms with Crippen LogP contribution in [0.5, 0.6) is 0 Å². The van der Waals surface area contributed by atoms with Crippen molar-refractivity contribution in [2.75, 3.05) is 10.5 Å². The smallest absolute Gasteiger partial charge is 0.0836 e. The van der Waals surface area contributed by atoms with Crippen LogP contribution in [-0.4, -0.2) is 5.75 Å². The monoisotopic (exact) mass is 183 g/mol. The van der Waals surface area contributed by atoms with Gasteiger partial charge in [-0.1, -0.05) is 18.2 Å². The van der Waals surface area contributed by atoms with Gasteiger partial charge in [0.1, 0.15) is 0 Å². The van der Waals surface area contributed by atoms with Crippen LogP contribution in [0.2, 0.25) is 0 Å². The molecule has 12 heavy (non-hydrogen) atoms. The number of halogens is 1. The number of para-hydroxylation sites is 1. The van der Waals surface area contributed by atoms with Crippen molar-refractivity contribution < 1.29 is 4.39 Å². The minimum absolute atomic E-state index is 0.555. The molecule has 0 bridgehead atoms. The van der Waals surface area contributed by atoms with E-state index in [4.69, 9.17) is 0 Å². The summed E-state index contributed by atoms with van der Waals surface area (Å²) >= 11 is 1.45. The van der Waals surface area contributed by atoms with E-state index in [0.717, 1.165) is 5.69 Å². The van der Waals surface area contributed by atoms with Crippen LogP contribution in [0.3, 0.4) is 0 Å². The summed E-state index contributed by atoms with van der Waals surface area (Å²) in [6.07, 6.45) is 2.01. The van der Waals surface area contributed by atoms with Gasteiger partial charge < -0.3 is 4.72 Å². The predicted molar refractivity (Wildman–Crippen MR) is 52.8 cm³/mol. The zero-order chi connectivity index (χ0) is 8.65. The lowest BCUT2D eigenvalue weighted by Gasteiger charge is -2.01. The summed E-state index contributed by atoms with van der Waals surface area (Å²) in [5.74, 6) is 0.630. The largest absolute Gasteiger partial charge is 0.329 e. The van der Waals surface area contributed by atoms with E-state index < -0.39 is 0 Å². The standard InChI is InChI=1S/C9H10FNS/c10-7-4-8-12-11-9-5-2-1-3-6-9/h1-7,11H,8H2. The first-order valence-corrected chi connectivity index (χ1v) is 4.60. The van der Waals surface area contributed by atoms with Crippen molar-refractivity contribution in [2.45, 2.75) is 0 Å². The molecule has 0 saturated heterocycles. The summed E-state index contributed by atoms with van der Waals surface area (Å²) in [7, 11) is 0. The molecular weight excluding hydrogens is 173 g/mol. The van der Waals surface area contributed by atoms with Crippen LogP contribution in [0.15, 0.2) is 42.7 Å². The van der Waals surface area contributed by atoms with E-state index in [1.54, 1.807) is 0 Å². The van der Waals surface area contributed by atoms with Crippen molar-refractivity contribution in [1.29, 1.82) is 0 Å². The van der Waals surface area contributed by atoms with Crippen LogP contribution in [-0.2, 0) is 0 Å². The van der Waals surface area contributed by atoms with Crippen LogP contribution in [0.4, 0.5) is 10.1 Å². The summed E-state index contributed by atoms with van der Waals surface area (Å²) in [4.78, 5) is 0. The molecule has 1 rings (SSSR count). The highest BCUT2D eigenvalue weighted by Gasteiger charge is 1.86. The van der Waals surface area contributed by atoms with E-state index in [1.165, 1.54) is 18.0 Å². The summed E-state index contributed by atoms with van der Waals surface area (Å²) in [6, 6.07) is 9.79. The van der Waals surface area contributed by atoms with Gasteiger partial charge >= 0.3 is 0 Å². The minimum atomic E-state index is 0.555. The Labute approximate surface area is 75.8 Å². The molecule has 0 spiro atoms. The molecule has 1 nitrogen and oxygen atoms in total. The lowest BCUT2D eigenvalue weighted by molar-refractivity contribution is 0.719. The quantitative estimate of drug-likeness (QED) is 0.568. The van der Waals surface area contributed by atoms with Crippen molar-refractivity contribution in [3.8, 4) is 0 Å². The summed E-state index contributed by atoms with van der Waals surface area (Å²) in [5, 5.41) is 0. The fourth-order valence-corrected chi connectivity index (χ4v) is 1.27. The third-order valence-electron chi connectivity index (χ3n) is 1.23. The van der Waals surface area contributed by atoms with Crippen LogP contribution in [0.25, 0.3) is 0 Å². The van der Waals surface area contributed by atoms with Gasteiger partial charge in [0, 0.05) is 11.4 Å². The van der Waals surface area contributed by atoms with Crippen LogP contribution >= 0.6 is 11.9 Å². The first-order chi connectivity index (χ1) is 5.93. The van der Waals surface area contributed by atoms with Gasteiger partial charge in [-0.3, -0.25) is 0 Å². The fraction of sp³-hybridized carbons (Fsp3) is 0.111. The molecule has 1 aromatic rings. The molecule has 1 aromatic carbocycles. The van der Waals surface area contributed by atoms with Gasteiger partial charge in [0.05, 0.1) is 6.33 Å². The maximum Gasteiger partial charge on any atom is 0.0836 e. The second-order valence-corrected chi connectivity index (χ2v) is 2.97. The normalized spacial score (nSPS) is 10.4. The Kier molecular flexibility index (Phi) is 4.31. The highest BCUT2D eigenvalue weighted by atomic mass is 32.2. The second-order valence-electron chi connectivity index (χ2n) is 2.14. The molecule has 0 unspecified atom stereocenters. The highest BCUT2D eigenvalue weighted by molar-refractivity contribution is 8.00. The van der Waals surface area contributed by atoms with Crippen molar-refractivity contribution >= 4 is 17.6 Å². The maximum absolute atomic E-state index is 11.5. The van der Waals surface area contributed by atoms with E-state index in [1.807, 2.05) is 30.3 Å². The number of anilines is 1. The summed E-state index contributed by atoms with van der Waals surface area (Å²) in [5.41, 5.74) is 1.04. The van der Waals surface area contributed by atoms with Gasteiger partial charge in [0.25, 0.3) is 0 Å². The van der Waals surface area contributed by atoms with Gasteiger partial charge in [-0.25, -0.2) is 4.39 Å². The third kappa shape index (κ3) is 3.44. The Hall–Kier alpha value is -0.960. The average molecular weight is 183 g/mol. The zero-order valence-electron chi connectivity index (χ0n) is 6.53. The number of hydrogen-bond acceptors (Lipinski definition) is 2. The molecule has 0 radical (unpaired) electrons. The molecule has 0 saturated carbocycles. The highest BCUT2D eigenvalue weighted by Crippen LogP contribution is 2.11. The predicted octanol–water partition coefficient (Wildman–Crippen LogP) is 3.23. The zero-order valence-corrected chi connectivity index (χ0v) is 7.35. The van der Waals surface area contributed by atoms with Gasteiger partial charge in [-0.15, -0.1) is 0 Å². The van der Waals surface area contributed by atoms with E-state index in [-0.39, 0.29) is 0 Å². The first-order valence-electron chi connectivity index (χ1n) is 3.61. The third-order valence-corrected chi connectivity index (χ3v) is 1.97. The van der Waals surface area contributed by atoms with Gasteiger partial charge in [0.15, 0.2) is 0 Å². The molecule has 0 amide bonds. The summed E-state index contributed by atoms with van der Waals surface area (Å²) in [6.45, 7) is 0. The molecule has 1 N–H and O–H groups in total. The van der Waals surface area contributed by atoms with Crippen molar-refractivity contribution in [1.82, 2.24) is 0 Å². The van der Waals surface area contributed by atoms with Crippen molar-refractivity contribution in [3.63, 3.8) is 0 Å². The molecule has 64 valence electrons. The molecule has 0 aliphatic rings. The van der Waals surface area contributed by atoms with Gasteiger partial charge in [0.2, 0.25) is 0 Å². The van der Waals surface area contributed by atoms with Crippen LogP contribution in [0.1, 0.15) is 0 Å². The molecule has 0 aliphatic heterocycles. The second kappa shape index (κ2) is 5.66. The topological polar surface area (TPSA) is 12.0 Å². The lowest BCUT2D eigenvalue weighted by Crippen LogP contribution is -1.85. The number of hydrogen-bond donors (Lipinski definition) is 1. The molecule has 0 atom stereocenters. The van der Waals surface area contributed by atoms with Crippen LogP contribution in [0, 0.1) is 0 Å². The SMILES string of the molecule is FC=CCSNc1ccccc1. The van der Waals surface area contributed by atoms with Crippen LogP contribution < -0.4 is 4.72 Å². The average Bonchev–Trinajstić information content (AvgIpc) is 2.14. The fourth-order valence-electron chi connectivity index (χ4n) is 0.716. The van der Waals surface area contributed by atoms with E-state index in [2.05, 4.69) is 4.72 Å². The molecular formula is C9H10FNS. The van der Waals surface area contributed by atoms with Gasteiger partial charge in [-0.05, 0) is 30.2 Å². The molecule has 0 heterocycles.